The molecule has 1 aromatic rings. The highest BCUT2D eigenvalue weighted by Gasteiger charge is 2.30. The number of carboxylic acids is 1. The Bertz CT molecular complexity index is 623. The molecule has 1 heterocycles. The van der Waals surface area contributed by atoms with E-state index in [-0.39, 0.29) is 18.7 Å². The number of hydrogen-bond acceptors (Lipinski definition) is 3. The second-order valence-corrected chi connectivity index (χ2v) is 6.29. The summed E-state index contributed by atoms with van der Waals surface area (Å²) < 4.78 is 0.714. The van der Waals surface area contributed by atoms with E-state index >= 15 is 0 Å². The Balaban J connectivity index is 2.07. The quantitative estimate of drug-likeness (QED) is 0.711. The zero-order valence-electron chi connectivity index (χ0n) is 11.4. The molecular weight excluding hydrogens is 376 g/mol. The normalized spacial score (nSPS) is 18.6. The Labute approximate surface area is 140 Å². The molecule has 2 rings (SSSR count). The van der Waals surface area contributed by atoms with Gasteiger partial charge in [0.25, 0.3) is 0 Å². The highest BCUT2D eigenvalue weighted by atomic mass is 79.9. The molecule has 2 atom stereocenters. The molecule has 118 valence electrons. The third-order valence-electron chi connectivity index (χ3n) is 3.36. The van der Waals surface area contributed by atoms with Gasteiger partial charge in [0.2, 0.25) is 11.8 Å². The van der Waals surface area contributed by atoms with Crippen molar-refractivity contribution in [1.82, 2.24) is 10.6 Å². The van der Waals surface area contributed by atoms with Crippen LogP contribution >= 0.6 is 27.5 Å². The standard InChI is InChI=1S/C14H14BrClN2O4/c15-9-2-1-8(16)5-7(9)6-11(14(21)22)18-13(20)10-3-4-12(19)17-10/h1-2,5,10-11H,3-4,6H2,(H,17,19)(H,18,20)(H,21,22)/t10-,11+/m0/s1. The van der Waals surface area contributed by atoms with Crippen molar-refractivity contribution in [3.05, 3.63) is 33.3 Å². The topological polar surface area (TPSA) is 95.5 Å². The van der Waals surface area contributed by atoms with Gasteiger partial charge >= 0.3 is 5.97 Å². The lowest BCUT2D eigenvalue weighted by molar-refractivity contribution is -0.142. The summed E-state index contributed by atoms with van der Waals surface area (Å²) in [5, 5.41) is 14.7. The lowest BCUT2D eigenvalue weighted by Gasteiger charge is -2.18. The number of nitrogens with one attached hydrogen (secondary N) is 2. The summed E-state index contributed by atoms with van der Waals surface area (Å²) in [6, 6.07) is 3.27. The summed E-state index contributed by atoms with van der Waals surface area (Å²) >= 11 is 9.23. The molecule has 0 saturated carbocycles. The molecule has 2 amide bonds. The smallest absolute Gasteiger partial charge is 0.326 e. The van der Waals surface area contributed by atoms with Crippen molar-refractivity contribution in [3.8, 4) is 0 Å². The fraction of sp³-hybridized carbons (Fsp3) is 0.357. The molecule has 0 bridgehead atoms. The maximum absolute atomic E-state index is 12.0. The molecule has 1 aliphatic rings. The second kappa shape index (κ2) is 7.11. The average molecular weight is 390 g/mol. The molecule has 8 heteroatoms. The van der Waals surface area contributed by atoms with Gasteiger partial charge in [-0.05, 0) is 30.2 Å². The van der Waals surface area contributed by atoms with E-state index < -0.39 is 24.0 Å². The van der Waals surface area contributed by atoms with E-state index in [1.54, 1.807) is 18.2 Å². The minimum Gasteiger partial charge on any atom is -0.480 e. The van der Waals surface area contributed by atoms with Crippen LogP contribution in [0.2, 0.25) is 5.02 Å². The molecule has 1 aromatic carbocycles. The van der Waals surface area contributed by atoms with Gasteiger partial charge < -0.3 is 15.7 Å². The highest BCUT2D eigenvalue weighted by Crippen LogP contribution is 2.22. The molecule has 6 nitrogen and oxygen atoms in total. The highest BCUT2D eigenvalue weighted by molar-refractivity contribution is 9.10. The molecule has 0 radical (unpaired) electrons. The fourth-order valence-electron chi connectivity index (χ4n) is 2.20. The molecule has 1 aliphatic heterocycles. The van der Waals surface area contributed by atoms with Crippen LogP contribution in [-0.4, -0.2) is 35.0 Å². The first-order valence-corrected chi connectivity index (χ1v) is 7.80. The van der Waals surface area contributed by atoms with E-state index in [0.717, 1.165) is 0 Å². The van der Waals surface area contributed by atoms with E-state index in [0.29, 0.717) is 21.5 Å². The number of carbonyl (C=O) groups excluding carboxylic acids is 2. The van der Waals surface area contributed by atoms with E-state index in [9.17, 15) is 19.5 Å². The van der Waals surface area contributed by atoms with Crippen molar-refractivity contribution in [2.45, 2.75) is 31.3 Å². The van der Waals surface area contributed by atoms with Crippen molar-refractivity contribution in [2.75, 3.05) is 0 Å². The van der Waals surface area contributed by atoms with Gasteiger partial charge in [-0.1, -0.05) is 27.5 Å². The number of carbonyl (C=O) groups is 3. The van der Waals surface area contributed by atoms with Crippen LogP contribution in [0.4, 0.5) is 0 Å². The minimum atomic E-state index is -1.15. The van der Waals surface area contributed by atoms with Gasteiger partial charge in [0.15, 0.2) is 0 Å². The molecule has 0 aromatic heterocycles. The number of hydrogen-bond donors (Lipinski definition) is 3. The van der Waals surface area contributed by atoms with Gasteiger partial charge in [-0.15, -0.1) is 0 Å². The van der Waals surface area contributed by atoms with Crippen LogP contribution in [0.1, 0.15) is 18.4 Å². The van der Waals surface area contributed by atoms with Crippen molar-refractivity contribution in [3.63, 3.8) is 0 Å². The first-order valence-electron chi connectivity index (χ1n) is 6.63. The molecular formula is C14H14BrClN2O4. The van der Waals surface area contributed by atoms with Crippen LogP contribution in [0.25, 0.3) is 0 Å². The van der Waals surface area contributed by atoms with E-state index in [2.05, 4.69) is 26.6 Å². The third kappa shape index (κ3) is 4.20. The largest absolute Gasteiger partial charge is 0.480 e. The van der Waals surface area contributed by atoms with Crippen LogP contribution in [-0.2, 0) is 20.8 Å². The number of halogens is 2. The van der Waals surface area contributed by atoms with E-state index in [4.69, 9.17) is 11.6 Å². The summed E-state index contributed by atoms with van der Waals surface area (Å²) in [6.07, 6.45) is 0.733. The Morgan fingerprint density at radius 3 is 2.82 bits per heavy atom. The molecule has 3 N–H and O–H groups in total. The number of amides is 2. The van der Waals surface area contributed by atoms with Crippen molar-refractivity contribution >= 4 is 45.3 Å². The van der Waals surface area contributed by atoms with Gasteiger partial charge in [-0.3, -0.25) is 9.59 Å². The Hall–Kier alpha value is -1.60. The third-order valence-corrected chi connectivity index (χ3v) is 4.37. The molecule has 1 fully saturated rings. The fourth-order valence-corrected chi connectivity index (χ4v) is 2.81. The van der Waals surface area contributed by atoms with Gasteiger partial charge in [-0.2, -0.15) is 0 Å². The predicted octanol–water partition coefficient (Wildman–Crippen LogP) is 1.49. The average Bonchev–Trinajstić information content (AvgIpc) is 2.88. The lowest BCUT2D eigenvalue weighted by Crippen LogP contribution is -2.49. The first-order chi connectivity index (χ1) is 10.4. The van der Waals surface area contributed by atoms with E-state index in [1.165, 1.54) is 0 Å². The number of benzene rings is 1. The van der Waals surface area contributed by atoms with E-state index in [1.807, 2.05) is 0 Å². The van der Waals surface area contributed by atoms with Gasteiger partial charge in [0.05, 0.1) is 0 Å². The zero-order chi connectivity index (χ0) is 16.3. The molecule has 0 unspecified atom stereocenters. The van der Waals surface area contributed by atoms with Gasteiger partial charge in [0.1, 0.15) is 12.1 Å². The van der Waals surface area contributed by atoms with Crippen LogP contribution in [0, 0.1) is 0 Å². The number of rotatable bonds is 5. The maximum Gasteiger partial charge on any atom is 0.326 e. The van der Waals surface area contributed by atoms with Crippen molar-refractivity contribution in [2.24, 2.45) is 0 Å². The predicted molar refractivity (Wildman–Crippen MR) is 83.6 cm³/mol. The van der Waals surface area contributed by atoms with Crippen molar-refractivity contribution in [1.29, 1.82) is 0 Å². The number of aliphatic carboxylic acids is 1. The second-order valence-electron chi connectivity index (χ2n) is 5.00. The Morgan fingerprint density at radius 1 is 1.50 bits per heavy atom. The zero-order valence-corrected chi connectivity index (χ0v) is 13.8. The summed E-state index contributed by atoms with van der Waals surface area (Å²) in [4.78, 5) is 34.5. The Morgan fingerprint density at radius 2 is 2.23 bits per heavy atom. The first kappa shape index (κ1) is 16.8. The SMILES string of the molecule is O=C1CC[C@@H](C(=O)N[C@H](Cc2cc(Cl)ccc2Br)C(=O)O)N1. The molecule has 0 aliphatic carbocycles. The van der Waals surface area contributed by atoms with Crippen LogP contribution in [0.3, 0.4) is 0 Å². The Kier molecular flexibility index (Phi) is 5.42. The summed E-state index contributed by atoms with van der Waals surface area (Å²) in [6.45, 7) is 0. The number of carboxylic acid groups (broad SMARTS) is 1. The van der Waals surface area contributed by atoms with Crippen LogP contribution < -0.4 is 10.6 Å². The lowest BCUT2D eigenvalue weighted by atomic mass is 10.1. The summed E-state index contributed by atoms with van der Waals surface area (Å²) in [7, 11) is 0. The minimum absolute atomic E-state index is 0.0862. The maximum atomic E-state index is 12.0. The summed E-state index contributed by atoms with van der Waals surface area (Å²) in [5.41, 5.74) is 0.677. The molecule has 1 saturated heterocycles. The van der Waals surface area contributed by atoms with Gasteiger partial charge in [-0.25, -0.2) is 4.79 Å². The monoisotopic (exact) mass is 388 g/mol. The molecule has 22 heavy (non-hydrogen) atoms. The molecule has 0 spiro atoms. The van der Waals surface area contributed by atoms with Crippen LogP contribution in [0.5, 0.6) is 0 Å². The van der Waals surface area contributed by atoms with Crippen molar-refractivity contribution < 1.29 is 19.5 Å². The summed E-state index contributed by atoms with van der Waals surface area (Å²) in [5.74, 6) is -1.84. The van der Waals surface area contributed by atoms with Gasteiger partial charge in [0, 0.05) is 22.3 Å². The van der Waals surface area contributed by atoms with Crippen LogP contribution in [0.15, 0.2) is 22.7 Å².